The normalized spacial score (nSPS) is 13.2. The lowest BCUT2D eigenvalue weighted by atomic mass is 10.1. The summed E-state index contributed by atoms with van der Waals surface area (Å²) in [4.78, 5) is 31.5. The van der Waals surface area contributed by atoms with E-state index in [1.165, 1.54) is 22.7 Å². The van der Waals surface area contributed by atoms with Gasteiger partial charge in [-0.05, 0) is 50.3 Å². The molecule has 0 atom stereocenters. The molecule has 134 valence electrons. The van der Waals surface area contributed by atoms with E-state index in [4.69, 9.17) is 11.5 Å². The van der Waals surface area contributed by atoms with Crippen LogP contribution in [0.1, 0.15) is 48.1 Å². The van der Waals surface area contributed by atoms with E-state index in [1.807, 2.05) is 19.9 Å². The molecule has 26 heavy (non-hydrogen) atoms. The summed E-state index contributed by atoms with van der Waals surface area (Å²) in [6.07, 6.45) is 2.76. The van der Waals surface area contributed by atoms with Gasteiger partial charge in [0.1, 0.15) is 14.7 Å². The molecule has 0 saturated carbocycles. The van der Waals surface area contributed by atoms with Gasteiger partial charge in [-0.15, -0.1) is 22.7 Å². The van der Waals surface area contributed by atoms with Crippen molar-refractivity contribution in [1.82, 2.24) is 4.98 Å². The van der Waals surface area contributed by atoms with Crippen molar-refractivity contribution >= 4 is 55.4 Å². The number of nitrogens with two attached hydrogens (primary N) is 2. The highest BCUT2D eigenvalue weighted by Crippen LogP contribution is 2.40. The second kappa shape index (κ2) is 6.07. The van der Waals surface area contributed by atoms with Gasteiger partial charge in [0.05, 0.1) is 11.3 Å². The Hall–Kier alpha value is -2.45. The monoisotopic (exact) mass is 386 g/mol. The Morgan fingerprint density at radius 2 is 2.00 bits per heavy atom. The molecule has 4 rings (SSSR count). The molecule has 0 aromatic carbocycles. The number of primary amides is 1. The highest BCUT2D eigenvalue weighted by molar-refractivity contribution is 7.21. The third-order valence-corrected chi connectivity index (χ3v) is 6.93. The van der Waals surface area contributed by atoms with Gasteiger partial charge in [0.2, 0.25) is 0 Å². The van der Waals surface area contributed by atoms with Gasteiger partial charge in [-0.25, -0.2) is 4.98 Å². The molecule has 0 radical (unpaired) electrons. The maximum atomic E-state index is 12.8. The van der Waals surface area contributed by atoms with Gasteiger partial charge in [-0.3, -0.25) is 9.59 Å². The van der Waals surface area contributed by atoms with E-state index < -0.39 is 5.91 Å². The van der Waals surface area contributed by atoms with Crippen LogP contribution in [-0.4, -0.2) is 16.8 Å². The fraction of sp³-hybridized carbons (Fsp3) is 0.278. The number of carbonyl (C=O) groups excluding carboxylic acids is 2. The van der Waals surface area contributed by atoms with Crippen LogP contribution in [0.15, 0.2) is 6.07 Å². The average molecular weight is 387 g/mol. The molecular weight excluding hydrogens is 368 g/mol. The van der Waals surface area contributed by atoms with E-state index in [2.05, 4.69) is 10.3 Å². The smallest absolute Gasteiger partial charge is 0.268 e. The Morgan fingerprint density at radius 3 is 2.73 bits per heavy atom. The zero-order valence-corrected chi connectivity index (χ0v) is 16.1. The molecule has 1 aliphatic carbocycles. The van der Waals surface area contributed by atoms with Crippen LogP contribution in [0.4, 0.5) is 10.7 Å². The molecule has 1 aliphatic rings. The SMILES string of the molecule is Cc1cc(C)c2c(N)c(C(=O)Nc3sc4c(c3C(N)=O)CCC4)sc2n1. The van der Waals surface area contributed by atoms with Crippen molar-refractivity contribution in [2.45, 2.75) is 33.1 Å². The van der Waals surface area contributed by atoms with Crippen LogP contribution in [0.5, 0.6) is 0 Å². The summed E-state index contributed by atoms with van der Waals surface area (Å²) >= 11 is 2.70. The van der Waals surface area contributed by atoms with Gasteiger partial charge in [0, 0.05) is 16.0 Å². The second-order valence-electron chi connectivity index (χ2n) is 6.49. The molecule has 3 aromatic rings. The Labute approximate surface area is 158 Å². The van der Waals surface area contributed by atoms with Gasteiger partial charge in [-0.2, -0.15) is 0 Å². The predicted octanol–water partition coefficient (Wildman–Crippen LogP) is 3.40. The van der Waals surface area contributed by atoms with Crippen LogP contribution >= 0.6 is 22.7 Å². The highest BCUT2D eigenvalue weighted by Gasteiger charge is 2.27. The Bertz CT molecular complexity index is 1080. The van der Waals surface area contributed by atoms with E-state index in [9.17, 15) is 9.59 Å². The number of aromatic nitrogens is 1. The van der Waals surface area contributed by atoms with Gasteiger partial charge in [0.15, 0.2) is 0 Å². The number of anilines is 2. The van der Waals surface area contributed by atoms with Crippen LogP contribution in [0.3, 0.4) is 0 Å². The number of rotatable bonds is 3. The van der Waals surface area contributed by atoms with Crippen molar-refractivity contribution in [1.29, 1.82) is 0 Å². The largest absolute Gasteiger partial charge is 0.397 e. The van der Waals surface area contributed by atoms with Crippen LogP contribution in [-0.2, 0) is 12.8 Å². The lowest BCUT2D eigenvalue weighted by Gasteiger charge is -2.05. The van der Waals surface area contributed by atoms with Gasteiger partial charge in [-0.1, -0.05) is 0 Å². The van der Waals surface area contributed by atoms with E-state index in [0.717, 1.165) is 51.2 Å². The van der Waals surface area contributed by atoms with Crippen molar-refractivity contribution in [3.63, 3.8) is 0 Å². The number of carbonyl (C=O) groups is 2. The fourth-order valence-electron chi connectivity index (χ4n) is 3.55. The lowest BCUT2D eigenvalue weighted by Crippen LogP contribution is -2.17. The van der Waals surface area contributed by atoms with Crippen molar-refractivity contribution in [3.05, 3.63) is 38.2 Å². The topological polar surface area (TPSA) is 111 Å². The summed E-state index contributed by atoms with van der Waals surface area (Å²) in [5.74, 6) is -0.831. The summed E-state index contributed by atoms with van der Waals surface area (Å²) < 4.78 is 0. The van der Waals surface area contributed by atoms with E-state index >= 15 is 0 Å². The van der Waals surface area contributed by atoms with E-state index in [0.29, 0.717) is 21.1 Å². The first kappa shape index (κ1) is 17.0. The standard InChI is InChI=1S/C18H18N4O2S2/c1-7-6-8(2)21-17-11(7)13(19)14(26-17)16(24)22-18-12(15(20)23)9-4-3-5-10(9)25-18/h6H,3-5,19H2,1-2H3,(H2,20,23)(H,22,24). The minimum Gasteiger partial charge on any atom is -0.397 e. The lowest BCUT2D eigenvalue weighted by molar-refractivity contribution is 0.100. The second-order valence-corrected chi connectivity index (χ2v) is 8.59. The number of nitrogens with one attached hydrogen (secondary N) is 1. The number of fused-ring (bicyclic) bond motifs is 2. The maximum absolute atomic E-state index is 12.8. The molecule has 8 heteroatoms. The zero-order valence-electron chi connectivity index (χ0n) is 14.4. The number of amides is 2. The van der Waals surface area contributed by atoms with E-state index in [1.54, 1.807) is 0 Å². The Kier molecular flexibility index (Phi) is 3.96. The Morgan fingerprint density at radius 1 is 1.23 bits per heavy atom. The summed E-state index contributed by atoms with van der Waals surface area (Å²) in [6.45, 7) is 3.87. The maximum Gasteiger partial charge on any atom is 0.268 e. The first-order valence-electron chi connectivity index (χ1n) is 8.28. The number of thiophene rings is 2. The van der Waals surface area contributed by atoms with Crippen molar-refractivity contribution in [2.24, 2.45) is 5.73 Å². The summed E-state index contributed by atoms with van der Waals surface area (Å²) in [5.41, 5.74) is 15.5. The molecule has 0 spiro atoms. The number of hydrogen-bond donors (Lipinski definition) is 3. The van der Waals surface area contributed by atoms with Crippen molar-refractivity contribution < 1.29 is 9.59 Å². The van der Waals surface area contributed by atoms with Crippen LogP contribution in [0.25, 0.3) is 10.2 Å². The molecule has 6 nitrogen and oxygen atoms in total. The minimum atomic E-state index is -0.503. The molecule has 2 amide bonds. The van der Waals surface area contributed by atoms with Crippen molar-refractivity contribution in [2.75, 3.05) is 11.1 Å². The molecule has 0 bridgehead atoms. The summed E-state index contributed by atoms with van der Waals surface area (Å²) in [5, 5.41) is 4.19. The summed E-state index contributed by atoms with van der Waals surface area (Å²) in [6, 6.07) is 1.95. The number of nitrogen functional groups attached to an aromatic ring is 1. The quantitative estimate of drug-likeness (QED) is 0.640. The first-order valence-corrected chi connectivity index (χ1v) is 9.92. The highest BCUT2D eigenvalue weighted by atomic mass is 32.1. The molecule has 3 aromatic heterocycles. The first-order chi connectivity index (χ1) is 12.4. The third-order valence-electron chi connectivity index (χ3n) is 4.63. The Balaban J connectivity index is 1.74. The van der Waals surface area contributed by atoms with Gasteiger partial charge >= 0.3 is 0 Å². The molecule has 0 unspecified atom stereocenters. The fourth-order valence-corrected chi connectivity index (χ4v) is 5.95. The van der Waals surface area contributed by atoms with Gasteiger partial charge < -0.3 is 16.8 Å². The third kappa shape index (κ3) is 2.57. The van der Waals surface area contributed by atoms with E-state index in [-0.39, 0.29) is 5.91 Å². The minimum absolute atomic E-state index is 0.329. The van der Waals surface area contributed by atoms with Gasteiger partial charge in [0.25, 0.3) is 11.8 Å². The zero-order chi connectivity index (χ0) is 18.6. The van der Waals surface area contributed by atoms with Crippen LogP contribution < -0.4 is 16.8 Å². The molecule has 3 heterocycles. The number of nitrogens with zero attached hydrogens (tertiary/aromatic N) is 1. The van der Waals surface area contributed by atoms with Crippen LogP contribution in [0, 0.1) is 13.8 Å². The number of hydrogen-bond acceptors (Lipinski definition) is 6. The molecule has 0 aliphatic heterocycles. The predicted molar refractivity (Wildman–Crippen MR) is 106 cm³/mol. The molecule has 0 fully saturated rings. The number of aryl methyl sites for hydroxylation is 3. The van der Waals surface area contributed by atoms with Crippen molar-refractivity contribution in [3.8, 4) is 0 Å². The number of pyridine rings is 1. The van der Waals surface area contributed by atoms with Crippen LogP contribution in [0.2, 0.25) is 0 Å². The average Bonchev–Trinajstić information content (AvgIpc) is 3.19. The molecule has 0 saturated heterocycles. The molecular formula is C18H18N4O2S2. The molecule has 5 N–H and O–H groups in total. The summed E-state index contributed by atoms with van der Waals surface area (Å²) in [7, 11) is 0.